The van der Waals surface area contributed by atoms with E-state index in [1.54, 1.807) is 24.3 Å². The first-order chi connectivity index (χ1) is 8.26. The van der Waals surface area contributed by atoms with E-state index in [9.17, 15) is 4.79 Å². The third-order valence-corrected chi connectivity index (χ3v) is 2.30. The third kappa shape index (κ3) is 5.31. The maximum Gasteiger partial charge on any atom is 0.166 e. The summed E-state index contributed by atoms with van der Waals surface area (Å²) in [6.07, 6.45) is 0.806. The average molecular weight is 252 g/mol. The molecule has 5 heteroatoms. The number of ether oxygens (including phenoxy) is 1. The lowest BCUT2D eigenvalue weighted by Crippen LogP contribution is -2.37. The first kappa shape index (κ1) is 13.4. The van der Waals surface area contributed by atoms with E-state index in [0.717, 1.165) is 18.6 Å². The van der Waals surface area contributed by atoms with Crippen molar-refractivity contribution >= 4 is 23.6 Å². The molecule has 0 aliphatic carbocycles. The van der Waals surface area contributed by atoms with Crippen molar-refractivity contribution in [1.82, 2.24) is 10.6 Å². The Morgan fingerprint density at radius 3 is 2.65 bits per heavy atom. The van der Waals surface area contributed by atoms with E-state index < -0.39 is 0 Å². The molecule has 0 bridgehead atoms. The van der Waals surface area contributed by atoms with Crippen molar-refractivity contribution < 1.29 is 9.53 Å². The highest BCUT2D eigenvalue weighted by Crippen LogP contribution is 2.10. The van der Waals surface area contributed by atoms with Gasteiger partial charge in [0.1, 0.15) is 18.6 Å². The zero-order chi connectivity index (χ0) is 12.5. The molecule has 0 unspecified atom stereocenters. The van der Waals surface area contributed by atoms with Crippen LogP contribution in [0.25, 0.3) is 0 Å². The summed E-state index contributed by atoms with van der Waals surface area (Å²) in [5.41, 5.74) is 0.642. The van der Waals surface area contributed by atoms with Crippen LogP contribution in [0.2, 0.25) is 0 Å². The predicted octanol–water partition coefficient (Wildman–Crippen LogP) is 1.36. The molecule has 0 fully saturated rings. The molecule has 4 nitrogen and oxygen atoms in total. The number of hydrogen-bond donors (Lipinski definition) is 2. The summed E-state index contributed by atoms with van der Waals surface area (Å²) in [5, 5.41) is 6.63. The molecule has 0 radical (unpaired) electrons. The van der Waals surface area contributed by atoms with Crippen LogP contribution in [0.3, 0.4) is 0 Å². The van der Waals surface area contributed by atoms with Gasteiger partial charge in [0.25, 0.3) is 0 Å². The Kier molecular flexibility index (Phi) is 6.03. The van der Waals surface area contributed by atoms with Crippen LogP contribution in [-0.4, -0.2) is 31.1 Å². The fraction of sp³-hybridized carbons (Fsp3) is 0.333. The van der Waals surface area contributed by atoms with Crippen LogP contribution in [0.15, 0.2) is 24.3 Å². The van der Waals surface area contributed by atoms with Gasteiger partial charge >= 0.3 is 0 Å². The van der Waals surface area contributed by atoms with E-state index in [4.69, 9.17) is 17.0 Å². The number of aldehydes is 1. The second kappa shape index (κ2) is 7.62. The molecule has 1 rings (SSSR count). The Morgan fingerprint density at radius 1 is 1.35 bits per heavy atom. The average Bonchev–Trinajstić information content (AvgIpc) is 2.36. The molecule has 0 aliphatic rings. The molecule has 1 aromatic rings. The van der Waals surface area contributed by atoms with Gasteiger partial charge < -0.3 is 15.4 Å². The maximum absolute atomic E-state index is 10.4. The number of carbonyl (C=O) groups excluding carboxylic acids is 1. The zero-order valence-corrected chi connectivity index (χ0v) is 10.5. The van der Waals surface area contributed by atoms with Crippen LogP contribution < -0.4 is 15.4 Å². The monoisotopic (exact) mass is 252 g/mol. The van der Waals surface area contributed by atoms with Crippen LogP contribution in [0.4, 0.5) is 0 Å². The highest BCUT2D eigenvalue weighted by molar-refractivity contribution is 7.80. The van der Waals surface area contributed by atoms with Crippen molar-refractivity contribution in [3.05, 3.63) is 29.8 Å². The Bertz CT molecular complexity index is 365. The molecule has 0 aliphatic heterocycles. The lowest BCUT2D eigenvalue weighted by molar-refractivity contribution is 0.112. The normalized spacial score (nSPS) is 9.47. The largest absolute Gasteiger partial charge is 0.492 e. The quantitative estimate of drug-likeness (QED) is 0.455. The van der Waals surface area contributed by atoms with Crippen LogP contribution in [0.5, 0.6) is 5.75 Å². The van der Waals surface area contributed by atoms with Gasteiger partial charge in [0.2, 0.25) is 0 Å². The first-order valence-electron chi connectivity index (χ1n) is 5.46. The molecule has 0 aromatic heterocycles. The molecule has 1 aromatic carbocycles. The fourth-order valence-corrected chi connectivity index (χ4v) is 1.45. The Labute approximate surface area is 106 Å². The lowest BCUT2D eigenvalue weighted by Gasteiger charge is -2.09. The van der Waals surface area contributed by atoms with Crippen molar-refractivity contribution in [3.8, 4) is 5.75 Å². The topological polar surface area (TPSA) is 50.4 Å². The van der Waals surface area contributed by atoms with Gasteiger partial charge in [-0.05, 0) is 43.4 Å². The summed E-state index contributed by atoms with van der Waals surface area (Å²) in [5.74, 6) is 0.742. The maximum atomic E-state index is 10.4. The molecule has 0 amide bonds. The number of thiocarbonyl (C=S) groups is 1. The number of nitrogens with one attached hydrogen (secondary N) is 2. The molecule has 0 saturated heterocycles. The minimum absolute atomic E-state index is 0.520. The van der Waals surface area contributed by atoms with Gasteiger partial charge in [-0.25, -0.2) is 0 Å². The molecule has 0 atom stereocenters. The van der Waals surface area contributed by atoms with Crippen molar-refractivity contribution in [2.24, 2.45) is 0 Å². The molecular weight excluding hydrogens is 236 g/mol. The minimum atomic E-state index is 0.520. The molecular formula is C12H16N2O2S. The van der Waals surface area contributed by atoms with E-state index in [1.165, 1.54) is 0 Å². The Morgan fingerprint density at radius 2 is 2.06 bits per heavy atom. The van der Waals surface area contributed by atoms with Crippen LogP contribution >= 0.6 is 12.2 Å². The number of benzene rings is 1. The van der Waals surface area contributed by atoms with Gasteiger partial charge in [-0.3, -0.25) is 4.79 Å². The van der Waals surface area contributed by atoms with E-state index in [2.05, 4.69) is 10.6 Å². The van der Waals surface area contributed by atoms with Gasteiger partial charge in [-0.15, -0.1) is 0 Å². The minimum Gasteiger partial charge on any atom is -0.492 e. The van der Waals surface area contributed by atoms with Crippen LogP contribution in [0.1, 0.15) is 17.3 Å². The lowest BCUT2D eigenvalue weighted by atomic mass is 10.2. The molecule has 0 saturated carbocycles. The summed E-state index contributed by atoms with van der Waals surface area (Å²) < 4.78 is 5.47. The molecule has 2 N–H and O–H groups in total. The summed E-state index contributed by atoms with van der Waals surface area (Å²) in [4.78, 5) is 10.4. The van der Waals surface area contributed by atoms with Gasteiger partial charge in [0.15, 0.2) is 5.11 Å². The van der Waals surface area contributed by atoms with E-state index >= 15 is 0 Å². The van der Waals surface area contributed by atoms with Gasteiger partial charge in [0, 0.05) is 12.1 Å². The summed E-state index contributed by atoms with van der Waals surface area (Å²) in [6.45, 7) is 3.95. The van der Waals surface area contributed by atoms with Crippen molar-refractivity contribution in [3.63, 3.8) is 0 Å². The highest BCUT2D eigenvalue weighted by atomic mass is 32.1. The molecule has 92 valence electrons. The Hall–Kier alpha value is -1.62. The molecule has 0 heterocycles. The van der Waals surface area contributed by atoms with Crippen molar-refractivity contribution in [1.29, 1.82) is 0 Å². The zero-order valence-electron chi connectivity index (χ0n) is 9.73. The second-order valence-electron chi connectivity index (χ2n) is 3.32. The fourth-order valence-electron chi connectivity index (χ4n) is 1.20. The first-order valence-corrected chi connectivity index (χ1v) is 5.87. The second-order valence-corrected chi connectivity index (χ2v) is 3.73. The number of rotatable bonds is 6. The smallest absolute Gasteiger partial charge is 0.166 e. The molecule has 0 spiro atoms. The summed E-state index contributed by atoms with van der Waals surface area (Å²) in [6, 6.07) is 6.98. The van der Waals surface area contributed by atoms with E-state index in [1.807, 2.05) is 6.92 Å². The summed E-state index contributed by atoms with van der Waals surface area (Å²) in [7, 11) is 0. The Balaban J connectivity index is 2.21. The number of carbonyl (C=O) groups is 1. The van der Waals surface area contributed by atoms with Gasteiger partial charge in [0.05, 0.1) is 6.54 Å². The highest BCUT2D eigenvalue weighted by Gasteiger charge is 1.95. The molecule has 17 heavy (non-hydrogen) atoms. The summed E-state index contributed by atoms with van der Waals surface area (Å²) >= 11 is 5.00. The predicted molar refractivity (Wildman–Crippen MR) is 71.6 cm³/mol. The van der Waals surface area contributed by atoms with Gasteiger partial charge in [-0.1, -0.05) is 0 Å². The SMILES string of the molecule is CCNC(=S)NCCOc1ccc(C=O)cc1. The van der Waals surface area contributed by atoms with Crippen LogP contribution in [0, 0.1) is 0 Å². The van der Waals surface area contributed by atoms with Crippen molar-refractivity contribution in [2.45, 2.75) is 6.92 Å². The van der Waals surface area contributed by atoms with Crippen LogP contribution in [-0.2, 0) is 0 Å². The van der Waals surface area contributed by atoms with E-state index in [-0.39, 0.29) is 0 Å². The van der Waals surface area contributed by atoms with Crippen molar-refractivity contribution in [2.75, 3.05) is 19.7 Å². The number of hydrogen-bond acceptors (Lipinski definition) is 3. The van der Waals surface area contributed by atoms with E-state index in [0.29, 0.717) is 23.8 Å². The van der Waals surface area contributed by atoms with Gasteiger partial charge in [-0.2, -0.15) is 0 Å². The third-order valence-electron chi connectivity index (χ3n) is 2.01. The standard InChI is InChI=1S/C12H16N2O2S/c1-2-13-12(17)14-7-8-16-11-5-3-10(9-15)4-6-11/h3-6,9H,2,7-8H2,1H3,(H2,13,14,17).